The van der Waals surface area contributed by atoms with Gasteiger partial charge in [-0.1, -0.05) is 52.5 Å². The minimum absolute atomic E-state index is 0.0251. The number of hydrogen-bond donors (Lipinski definition) is 1. The molecule has 0 bridgehead atoms. The van der Waals surface area contributed by atoms with Crippen molar-refractivity contribution in [1.82, 2.24) is 4.90 Å². The molecule has 41 heavy (non-hydrogen) atoms. The van der Waals surface area contributed by atoms with Crippen LogP contribution in [0.3, 0.4) is 0 Å². The molecule has 220 valence electrons. The monoisotopic (exact) mass is 648 g/mol. The molecule has 0 unspecified atom stereocenters. The molecule has 2 aliphatic heterocycles. The minimum atomic E-state index is -0.883. The van der Waals surface area contributed by atoms with E-state index in [4.69, 9.17) is 71.1 Å². The lowest BCUT2D eigenvalue weighted by Gasteiger charge is -2.16. The highest BCUT2D eigenvalue weighted by Crippen LogP contribution is 2.31. The Labute approximate surface area is 255 Å². The van der Waals surface area contributed by atoms with E-state index in [1.807, 2.05) is 18.2 Å². The van der Waals surface area contributed by atoms with Crippen LogP contribution in [0.15, 0.2) is 56.5 Å². The summed E-state index contributed by atoms with van der Waals surface area (Å²) in [6.45, 7) is 0.504. The van der Waals surface area contributed by atoms with Crippen molar-refractivity contribution in [1.29, 1.82) is 0 Å². The van der Waals surface area contributed by atoms with Gasteiger partial charge in [-0.15, -0.1) is 0 Å². The molecular formula is C26H24Cl4N2O9. The van der Waals surface area contributed by atoms with Gasteiger partial charge < -0.3 is 29.4 Å². The Morgan fingerprint density at radius 1 is 0.659 bits per heavy atom. The van der Waals surface area contributed by atoms with E-state index in [0.29, 0.717) is 23.6 Å². The first-order valence-corrected chi connectivity index (χ1v) is 12.8. The first kappa shape index (κ1) is 33.7. The average molecular weight is 650 g/mol. The van der Waals surface area contributed by atoms with Crippen LogP contribution in [0.5, 0.6) is 23.0 Å². The van der Waals surface area contributed by atoms with Gasteiger partial charge in [0.25, 0.3) is 11.8 Å². The molecule has 2 N–H and O–H groups in total. The fraction of sp³-hybridized carbons (Fsp3) is 0.231. The number of esters is 2. The Hall–Kier alpha value is -3.48. The summed E-state index contributed by atoms with van der Waals surface area (Å²) in [6, 6.07) is 10.7. The molecule has 0 saturated carbocycles. The van der Waals surface area contributed by atoms with Crippen molar-refractivity contribution in [2.45, 2.75) is 13.1 Å². The summed E-state index contributed by atoms with van der Waals surface area (Å²) in [7, 11) is 6.26. The Morgan fingerprint density at radius 3 is 1.41 bits per heavy atom. The van der Waals surface area contributed by atoms with Crippen LogP contribution in [0.2, 0.25) is 0 Å². The normalized spacial score (nSPS) is 14.3. The third-order valence-corrected chi connectivity index (χ3v) is 6.91. The van der Waals surface area contributed by atoms with Crippen molar-refractivity contribution < 1.29 is 42.9 Å². The number of carbonyl (C=O) groups excluding carboxylic acids is 4. The molecule has 2 aliphatic rings. The second-order valence-corrected chi connectivity index (χ2v) is 9.20. The van der Waals surface area contributed by atoms with Crippen LogP contribution in [0.4, 0.5) is 0 Å². The van der Waals surface area contributed by atoms with Gasteiger partial charge in [0, 0.05) is 29.8 Å². The van der Waals surface area contributed by atoms with Crippen LogP contribution < -0.4 is 24.7 Å². The highest BCUT2D eigenvalue weighted by Gasteiger charge is 2.37. The van der Waals surface area contributed by atoms with Crippen molar-refractivity contribution in [2.24, 2.45) is 5.73 Å². The second kappa shape index (κ2) is 15.5. The number of carbonyl (C=O) groups is 4. The van der Waals surface area contributed by atoms with Gasteiger partial charge in [0.05, 0.1) is 35.0 Å². The molecule has 0 radical (unpaired) electrons. The molecule has 0 spiro atoms. The summed E-state index contributed by atoms with van der Waals surface area (Å²) in [5.74, 6) is -0.318. The van der Waals surface area contributed by atoms with Crippen molar-refractivity contribution in [3.05, 3.63) is 67.7 Å². The Kier molecular flexibility index (Phi) is 12.8. The van der Waals surface area contributed by atoms with Gasteiger partial charge in [-0.3, -0.25) is 14.5 Å². The molecule has 4 rings (SSSR count). The van der Waals surface area contributed by atoms with Gasteiger partial charge in [0.1, 0.15) is 33.1 Å². The number of nitrogens with zero attached hydrogens (tertiary/aromatic N) is 1. The van der Waals surface area contributed by atoms with Gasteiger partial charge in [0.15, 0.2) is 10.1 Å². The average Bonchev–Trinajstić information content (AvgIpc) is 3.32. The second-order valence-electron chi connectivity index (χ2n) is 7.69. The summed E-state index contributed by atoms with van der Waals surface area (Å²) in [4.78, 5) is 45.2. The van der Waals surface area contributed by atoms with Gasteiger partial charge in [-0.2, -0.15) is 0 Å². The van der Waals surface area contributed by atoms with Crippen LogP contribution in [0.1, 0.15) is 11.1 Å². The fourth-order valence-corrected chi connectivity index (χ4v) is 3.78. The highest BCUT2D eigenvalue weighted by atomic mass is 35.5. The molecule has 0 aromatic heterocycles. The molecule has 0 atom stereocenters. The number of hydrogen-bond acceptors (Lipinski definition) is 10. The van der Waals surface area contributed by atoms with E-state index in [0.717, 1.165) is 22.0 Å². The number of benzene rings is 2. The molecule has 0 saturated heterocycles. The first-order chi connectivity index (χ1) is 19.4. The lowest BCUT2D eigenvalue weighted by molar-refractivity contribution is -0.150. The lowest BCUT2D eigenvalue weighted by Crippen LogP contribution is -2.30. The van der Waals surface area contributed by atoms with Gasteiger partial charge in [-0.05, 0) is 18.2 Å². The summed E-state index contributed by atoms with van der Waals surface area (Å²) < 4.78 is 24.4. The number of halogens is 4. The van der Waals surface area contributed by atoms with Gasteiger partial charge >= 0.3 is 11.9 Å². The quantitative estimate of drug-likeness (QED) is 0.263. The standard InChI is InChI=1S/C13H11Cl2NO4.C9H13NO2.C4Cl2O3/c1-19-8-4-3-7(9(5-8)20-2)6-16-12(17)10(14)11(15)13(16)18;1-11-8-4-3-7(6-10)9(5-8)12-2;5-1-2(6)4(8)9-3(1)7/h3-5H,6H2,1-2H3;3-5H,6,10H2,1-2H3;. The van der Waals surface area contributed by atoms with Crippen LogP contribution >= 0.6 is 46.4 Å². The van der Waals surface area contributed by atoms with Crippen molar-refractivity contribution in [3.8, 4) is 23.0 Å². The number of methoxy groups -OCH3 is 4. The molecule has 0 fully saturated rings. The maximum absolute atomic E-state index is 11.8. The van der Waals surface area contributed by atoms with E-state index in [9.17, 15) is 19.2 Å². The first-order valence-electron chi connectivity index (χ1n) is 11.3. The van der Waals surface area contributed by atoms with Crippen LogP contribution in [0, 0.1) is 0 Å². The van der Waals surface area contributed by atoms with E-state index in [2.05, 4.69) is 4.74 Å². The van der Waals surface area contributed by atoms with Gasteiger partial charge in [0.2, 0.25) is 0 Å². The van der Waals surface area contributed by atoms with Crippen LogP contribution in [0.25, 0.3) is 0 Å². The molecule has 2 amide bonds. The maximum Gasteiger partial charge on any atom is 0.359 e. The van der Waals surface area contributed by atoms with Gasteiger partial charge in [-0.25, -0.2) is 9.59 Å². The number of nitrogens with two attached hydrogens (primary N) is 1. The predicted molar refractivity (Wildman–Crippen MR) is 151 cm³/mol. The molecule has 2 heterocycles. The Balaban J connectivity index is 0.000000237. The molecule has 2 aromatic carbocycles. The lowest BCUT2D eigenvalue weighted by atomic mass is 10.1. The minimum Gasteiger partial charge on any atom is -0.497 e. The van der Waals surface area contributed by atoms with Crippen molar-refractivity contribution in [3.63, 3.8) is 0 Å². The van der Waals surface area contributed by atoms with Crippen molar-refractivity contribution in [2.75, 3.05) is 28.4 Å². The maximum atomic E-state index is 11.8. The van der Waals surface area contributed by atoms with E-state index >= 15 is 0 Å². The zero-order chi connectivity index (χ0) is 30.9. The smallest absolute Gasteiger partial charge is 0.359 e. The number of cyclic esters (lactones) is 2. The molecule has 2 aromatic rings. The van der Waals surface area contributed by atoms with Crippen LogP contribution in [-0.2, 0) is 37.0 Å². The largest absolute Gasteiger partial charge is 0.497 e. The summed E-state index contributed by atoms with van der Waals surface area (Å²) >= 11 is 21.7. The van der Waals surface area contributed by atoms with Crippen LogP contribution in [-0.4, -0.2) is 57.1 Å². The molecule has 11 nitrogen and oxygen atoms in total. The number of ether oxygens (including phenoxy) is 5. The fourth-order valence-electron chi connectivity index (χ4n) is 3.19. The van der Waals surface area contributed by atoms with E-state index in [1.54, 1.807) is 32.4 Å². The van der Waals surface area contributed by atoms with Crippen molar-refractivity contribution >= 4 is 70.2 Å². The zero-order valence-electron chi connectivity index (χ0n) is 22.1. The predicted octanol–water partition coefficient (Wildman–Crippen LogP) is 4.18. The highest BCUT2D eigenvalue weighted by molar-refractivity contribution is 6.58. The molecular weight excluding hydrogens is 626 g/mol. The topological polar surface area (TPSA) is 144 Å². The Bertz CT molecular complexity index is 1360. The van der Waals surface area contributed by atoms with E-state index < -0.39 is 23.8 Å². The summed E-state index contributed by atoms with van der Waals surface area (Å²) in [6.07, 6.45) is 0. The summed E-state index contributed by atoms with van der Waals surface area (Å²) in [5, 5.41) is -1.21. The third-order valence-electron chi connectivity index (χ3n) is 5.33. The molecule has 15 heteroatoms. The summed E-state index contributed by atoms with van der Waals surface area (Å²) in [5.41, 5.74) is 7.13. The number of amides is 2. The SMILES string of the molecule is COc1ccc(CN)c(OC)c1.COc1ccc(CN2C(=O)C(Cl)=C(Cl)C2=O)c(OC)c1.O=C1OC(=O)C(Cl)=C1Cl. The third kappa shape index (κ3) is 8.27. The van der Waals surface area contributed by atoms with E-state index in [-0.39, 0.29) is 26.7 Å². The van der Waals surface area contributed by atoms with E-state index in [1.165, 1.54) is 14.2 Å². The Morgan fingerprint density at radius 2 is 1.07 bits per heavy atom. The zero-order valence-corrected chi connectivity index (χ0v) is 25.1. The number of imide groups is 1. The number of rotatable bonds is 7. The molecule has 0 aliphatic carbocycles.